The van der Waals surface area contributed by atoms with Gasteiger partial charge in [0.1, 0.15) is 11.6 Å². The molecule has 1 aromatic rings. The largest absolute Gasteiger partial charge is 0.477 e. The number of esters is 1. The lowest BCUT2D eigenvalue weighted by atomic mass is 10.1. The number of nitro benzene ring substituents is 1. The summed E-state index contributed by atoms with van der Waals surface area (Å²) in [5.41, 5.74) is 3.94. The number of ether oxygens (including phenoxy) is 1. The Morgan fingerprint density at radius 1 is 1.43 bits per heavy atom. The van der Waals surface area contributed by atoms with Gasteiger partial charge in [0.2, 0.25) is 0 Å². The summed E-state index contributed by atoms with van der Waals surface area (Å²) in [5, 5.41) is 22.7. The molecule has 23 heavy (non-hydrogen) atoms. The SMILES string of the molecule is CC(C)(C)OC(=O)C(N)CNc1cccc([N+](=O)[O-])c1C(=O)O. The summed E-state index contributed by atoms with van der Waals surface area (Å²) in [4.78, 5) is 33.1. The molecule has 1 unspecified atom stereocenters. The van der Waals surface area contributed by atoms with Crippen LogP contribution < -0.4 is 11.1 Å². The van der Waals surface area contributed by atoms with Gasteiger partial charge in [0, 0.05) is 12.6 Å². The molecule has 0 radical (unpaired) electrons. The van der Waals surface area contributed by atoms with E-state index in [0.29, 0.717) is 0 Å². The second-order valence-corrected chi connectivity index (χ2v) is 5.78. The Balaban J connectivity index is 2.90. The third kappa shape index (κ3) is 5.22. The van der Waals surface area contributed by atoms with Crippen molar-refractivity contribution in [3.8, 4) is 0 Å². The average Bonchev–Trinajstić information content (AvgIpc) is 2.41. The summed E-state index contributed by atoms with van der Waals surface area (Å²) in [5.74, 6) is -2.11. The number of carboxylic acid groups (broad SMARTS) is 1. The van der Waals surface area contributed by atoms with Crippen molar-refractivity contribution in [2.24, 2.45) is 5.73 Å². The first-order chi connectivity index (χ1) is 10.5. The molecule has 0 saturated heterocycles. The van der Waals surface area contributed by atoms with Gasteiger partial charge in [-0.3, -0.25) is 14.9 Å². The lowest BCUT2D eigenvalue weighted by molar-refractivity contribution is -0.385. The number of anilines is 1. The molecule has 0 bridgehead atoms. The topological polar surface area (TPSA) is 145 Å². The Kier molecular flexibility index (Phi) is 5.63. The van der Waals surface area contributed by atoms with Gasteiger partial charge in [0.25, 0.3) is 5.69 Å². The quantitative estimate of drug-likeness (QED) is 0.404. The average molecular weight is 325 g/mol. The minimum Gasteiger partial charge on any atom is -0.477 e. The first kappa shape index (κ1) is 18.4. The van der Waals surface area contributed by atoms with Crippen molar-refractivity contribution in [1.29, 1.82) is 0 Å². The maximum absolute atomic E-state index is 11.8. The van der Waals surface area contributed by atoms with Gasteiger partial charge in [-0.15, -0.1) is 0 Å². The van der Waals surface area contributed by atoms with E-state index >= 15 is 0 Å². The number of carbonyl (C=O) groups is 2. The van der Waals surface area contributed by atoms with Gasteiger partial charge >= 0.3 is 11.9 Å². The van der Waals surface area contributed by atoms with Crippen molar-refractivity contribution in [2.75, 3.05) is 11.9 Å². The Labute approximate surface area is 132 Å². The molecule has 0 aromatic heterocycles. The molecule has 0 fully saturated rings. The second kappa shape index (κ2) is 7.05. The first-order valence-corrected chi connectivity index (χ1v) is 6.76. The molecule has 0 heterocycles. The lowest BCUT2D eigenvalue weighted by Crippen LogP contribution is -2.42. The standard InChI is InChI=1S/C14H19N3O6/c1-14(2,3)23-13(20)8(15)7-16-9-5-4-6-10(17(21)22)11(9)12(18)19/h4-6,8,16H,7,15H2,1-3H3,(H,18,19). The van der Waals surface area contributed by atoms with Crippen LogP contribution in [0.15, 0.2) is 18.2 Å². The number of carboxylic acids is 1. The minimum absolute atomic E-state index is 0.00529. The number of carbonyl (C=O) groups excluding carboxylic acids is 1. The van der Waals surface area contributed by atoms with Crippen LogP contribution in [0.4, 0.5) is 11.4 Å². The maximum Gasteiger partial charge on any atom is 0.344 e. The second-order valence-electron chi connectivity index (χ2n) is 5.78. The Morgan fingerprint density at radius 3 is 2.52 bits per heavy atom. The van der Waals surface area contributed by atoms with Crippen LogP contribution in [0.1, 0.15) is 31.1 Å². The van der Waals surface area contributed by atoms with E-state index in [1.807, 2.05) is 0 Å². The molecule has 126 valence electrons. The summed E-state index contributed by atoms with van der Waals surface area (Å²) in [6.45, 7) is 4.94. The molecule has 0 saturated carbocycles. The fraction of sp³-hybridized carbons (Fsp3) is 0.429. The van der Waals surface area contributed by atoms with Crippen molar-refractivity contribution in [3.05, 3.63) is 33.9 Å². The van der Waals surface area contributed by atoms with Gasteiger partial charge in [-0.2, -0.15) is 0 Å². The molecular formula is C14H19N3O6. The normalized spacial score (nSPS) is 12.3. The first-order valence-electron chi connectivity index (χ1n) is 6.76. The molecule has 4 N–H and O–H groups in total. The zero-order valence-electron chi connectivity index (χ0n) is 13.0. The number of nitrogens with two attached hydrogens (primary N) is 1. The van der Waals surface area contributed by atoms with E-state index in [2.05, 4.69) is 5.32 Å². The fourth-order valence-electron chi connectivity index (χ4n) is 1.75. The van der Waals surface area contributed by atoms with Crippen molar-refractivity contribution < 1.29 is 24.4 Å². The summed E-state index contributed by atoms with van der Waals surface area (Å²) >= 11 is 0. The van der Waals surface area contributed by atoms with Crippen molar-refractivity contribution in [3.63, 3.8) is 0 Å². The van der Waals surface area contributed by atoms with E-state index in [-0.39, 0.29) is 12.2 Å². The molecule has 1 atom stereocenters. The Morgan fingerprint density at radius 2 is 2.04 bits per heavy atom. The number of rotatable bonds is 6. The van der Waals surface area contributed by atoms with Gasteiger partial charge in [-0.25, -0.2) is 4.79 Å². The monoisotopic (exact) mass is 325 g/mol. The smallest absolute Gasteiger partial charge is 0.344 e. The third-order valence-corrected chi connectivity index (χ3v) is 2.67. The molecule has 0 amide bonds. The van der Waals surface area contributed by atoms with Crippen LogP contribution in [0.2, 0.25) is 0 Å². The van der Waals surface area contributed by atoms with E-state index < -0.39 is 39.8 Å². The van der Waals surface area contributed by atoms with Crippen LogP contribution in [-0.2, 0) is 9.53 Å². The molecule has 9 heteroatoms. The lowest BCUT2D eigenvalue weighted by Gasteiger charge is -2.22. The molecule has 0 spiro atoms. The number of nitrogens with one attached hydrogen (secondary N) is 1. The summed E-state index contributed by atoms with van der Waals surface area (Å²) in [7, 11) is 0. The Hall–Kier alpha value is -2.68. The Bertz CT molecular complexity index is 623. The van der Waals surface area contributed by atoms with Crippen LogP contribution in [0.5, 0.6) is 0 Å². The predicted molar refractivity (Wildman–Crippen MR) is 82.4 cm³/mol. The number of hydrogen-bond donors (Lipinski definition) is 3. The number of hydrogen-bond acceptors (Lipinski definition) is 7. The van der Waals surface area contributed by atoms with Gasteiger partial charge in [-0.05, 0) is 26.8 Å². The maximum atomic E-state index is 11.8. The van der Waals surface area contributed by atoms with E-state index in [0.717, 1.165) is 6.07 Å². The van der Waals surface area contributed by atoms with Crippen LogP contribution >= 0.6 is 0 Å². The van der Waals surface area contributed by atoms with Crippen LogP contribution in [0.3, 0.4) is 0 Å². The number of nitrogens with zero attached hydrogens (tertiary/aromatic N) is 1. The summed E-state index contributed by atoms with van der Waals surface area (Å²) < 4.78 is 5.10. The van der Waals surface area contributed by atoms with Crippen LogP contribution in [0, 0.1) is 10.1 Å². The van der Waals surface area contributed by atoms with E-state index in [1.165, 1.54) is 12.1 Å². The van der Waals surface area contributed by atoms with E-state index in [9.17, 15) is 19.7 Å². The zero-order valence-corrected chi connectivity index (χ0v) is 13.0. The van der Waals surface area contributed by atoms with Crippen molar-refractivity contribution >= 4 is 23.3 Å². The summed E-state index contributed by atoms with van der Waals surface area (Å²) in [6, 6.07) is 2.74. The van der Waals surface area contributed by atoms with Gasteiger partial charge < -0.3 is 20.9 Å². The van der Waals surface area contributed by atoms with Crippen molar-refractivity contribution in [2.45, 2.75) is 32.4 Å². The van der Waals surface area contributed by atoms with Crippen LogP contribution in [0.25, 0.3) is 0 Å². The highest BCUT2D eigenvalue weighted by Gasteiger charge is 2.25. The third-order valence-electron chi connectivity index (χ3n) is 2.67. The molecule has 0 aliphatic rings. The molecular weight excluding hydrogens is 306 g/mol. The summed E-state index contributed by atoms with van der Waals surface area (Å²) in [6.07, 6.45) is 0. The highest BCUT2D eigenvalue weighted by Crippen LogP contribution is 2.26. The van der Waals surface area contributed by atoms with E-state index in [1.54, 1.807) is 20.8 Å². The molecule has 9 nitrogen and oxygen atoms in total. The minimum atomic E-state index is -1.45. The zero-order chi connectivity index (χ0) is 17.8. The number of nitro groups is 1. The number of aromatic carboxylic acids is 1. The highest BCUT2D eigenvalue weighted by molar-refractivity contribution is 5.98. The molecule has 0 aliphatic heterocycles. The molecule has 0 aliphatic carbocycles. The highest BCUT2D eigenvalue weighted by atomic mass is 16.6. The van der Waals surface area contributed by atoms with Crippen LogP contribution in [-0.4, -0.2) is 40.2 Å². The van der Waals surface area contributed by atoms with Gasteiger partial charge in [-0.1, -0.05) is 6.07 Å². The fourth-order valence-corrected chi connectivity index (χ4v) is 1.75. The molecule has 1 aromatic carbocycles. The van der Waals surface area contributed by atoms with Gasteiger partial charge in [0.15, 0.2) is 5.56 Å². The predicted octanol–water partition coefficient (Wildman–Crippen LogP) is 1.37. The number of benzene rings is 1. The van der Waals surface area contributed by atoms with Gasteiger partial charge in [0.05, 0.1) is 10.6 Å². The van der Waals surface area contributed by atoms with E-state index in [4.69, 9.17) is 15.6 Å². The molecule has 1 rings (SSSR count). The van der Waals surface area contributed by atoms with Crippen molar-refractivity contribution in [1.82, 2.24) is 0 Å².